The van der Waals surface area contributed by atoms with Crippen LogP contribution < -0.4 is 4.90 Å². The van der Waals surface area contributed by atoms with Crippen molar-refractivity contribution < 1.29 is 4.74 Å². The van der Waals surface area contributed by atoms with E-state index < -0.39 is 0 Å². The minimum Gasteiger partial charge on any atom is -0.383 e. The summed E-state index contributed by atoms with van der Waals surface area (Å²) in [5.41, 5.74) is 6.10. The molecule has 1 aliphatic heterocycles. The number of benzene rings is 1. The Morgan fingerprint density at radius 2 is 1.80 bits per heavy atom. The number of ether oxygens (including phenoxy) is 1. The number of likely N-dealkylation sites (N-methyl/N-ethyl adjacent to an activating group) is 1. The van der Waals surface area contributed by atoms with Gasteiger partial charge in [-0.15, -0.1) is 0 Å². The Balaban J connectivity index is 1.37. The molecule has 0 unspecified atom stereocenters. The van der Waals surface area contributed by atoms with E-state index in [0.717, 1.165) is 54.5 Å². The van der Waals surface area contributed by atoms with Crippen molar-refractivity contribution in [1.29, 1.82) is 0 Å². The second-order valence-corrected chi connectivity index (χ2v) is 8.88. The maximum atomic E-state index is 5.24. The highest BCUT2D eigenvalue weighted by Gasteiger charge is 2.16. The fraction of sp³-hybridized carbons (Fsp3) is 0.333. The summed E-state index contributed by atoms with van der Waals surface area (Å²) >= 11 is 0. The number of hydrogen-bond acceptors (Lipinski definition) is 7. The minimum atomic E-state index is 0.590. The van der Waals surface area contributed by atoms with Crippen LogP contribution in [-0.2, 0) is 17.7 Å². The molecule has 0 bridgehead atoms. The topological polar surface area (TPSA) is 72.2 Å². The van der Waals surface area contributed by atoms with E-state index >= 15 is 0 Å². The van der Waals surface area contributed by atoms with E-state index in [-0.39, 0.29) is 0 Å². The maximum Gasteiger partial charge on any atom is 0.133 e. The van der Waals surface area contributed by atoms with Crippen molar-refractivity contribution in [2.24, 2.45) is 0 Å². The van der Waals surface area contributed by atoms with Gasteiger partial charge in [-0.2, -0.15) is 5.10 Å². The van der Waals surface area contributed by atoms with Crippen LogP contribution in [0.4, 0.5) is 5.69 Å². The van der Waals surface area contributed by atoms with Gasteiger partial charge in [0.2, 0.25) is 0 Å². The van der Waals surface area contributed by atoms with Crippen LogP contribution in [-0.4, -0.2) is 76.6 Å². The molecule has 0 amide bonds. The molecule has 180 valence electrons. The summed E-state index contributed by atoms with van der Waals surface area (Å²) in [5.74, 6) is 0.789. The minimum absolute atomic E-state index is 0.590. The molecule has 0 radical (unpaired) electrons. The number of nitrogens with zero attached hydrogens (tertiary/aromatic N) is 7. The highest BCUT2D eigenvalue weighted by molar-refractivity contribution is 5.78. The Morgan fingerprint density at radius 1 is 0.971 bits per heavy atom. The molecule has 0 aliphatic carbocycles. The molecule has 3 aromatic heterocycles. The molecular formula is C27H31N7O. The third kappa shape index (κ3) is 5.55. The number of hydrogen-bond donors (Lipinski definition) is 0. The van der Waals surface area contributed by atoms with Crippen molar-refractivity contribution in [2.75, 3.05) is 51.8 Å². The standard InChI is InChI=1S/C27H31N7O/c1-32-12-14-33(15-13-32)23-7-5-21(6-8-23)18-26-29-11-9-25(30-26)24-20-34(16-17-35-2)31-27(24)22-4-3-10-28-19-22/h3-11,19-20H,12-18H2,1-2H3. The molecular weight excluding hydrogens is 438 g/mol. The van der Waals surface area contributed by atoms with Crippen LogP contribution in [0.1, 0.15) is 11.4 Å². The Hall–Kier alpha value is -3.62. The van der Waals surface area contributed by atoms with Crippen molar-refractivity contribution in [3.05, 3.63) is 78.6 Å². The van der Waals surface area contributed by atoms with E-state index in [0.29, 0.717) is 19.6 Å². The van der Waals surface area contributed by atoms with E-state index in [1.807, 2.05) is 41.5 Å². The molecule has 8 nitrogen and oxygen atoms in total. The second-order valence-electron chi connectivity index (χ2n) is 8.88. The van der Waals surface area contributed by atoms with Gasteiger partial charge in [0.15, 0.2) is 0 Å². The van der Waals surface area contributed by atoms with E-state index in [9.17, 15) is 0 Å². The predicted octanol–water partition coefficient (Wildman–Crippen LogP) is 3.39. The van der Waals surface area contributed by atoms with Gasteiger partial charge in [0.25, 0.3) is 0 Å². The number of anilines is 1. The monoisotopic (exact) mass is 469 g/mol. The van der Waals surface area contributed by atoms with Crippen LogP contribution in [0.5, 0.6) is 0 Å². The Kier molecular flexibility index (Phi) is 7.11. The molecule has 1 aliphatic rings. The van der Waals surface area contributed by atoms with Gasteiger partial charge >= 0.3 is 0 Å². The molecule has 0 atom stereocenters. The summed E-state index contributed by atoms with van der Waals surface area (Å²) in [7, 11) is 3.87. The zero-order valence-corrected chi connectivity index (χ0v) is 20.3. The maximum absolute atomic E-state index is 5.24. The van der Waals surface area contributed by atoms with E-state index in [1.54, 1.807) is 13.3 Å². The van der Waals surface area contributed by atoms with Crippen molar-refractivity contribution in [1.82, 2.24) is 29.6 Å². The largest absolute Gasteiger partial charge is 0.383 e. The average molecular weight is 470 g/mol. The van der Waals surface area contributed by atoms with Crippen molar-refractivity contribution >= 4 is 5.69 Å². The Labute approximate surface area is 206 Å². The van der Waals surface area contributed by atoms with Crippen molar-refractivity contribution in [2.45, 2.75) is 13.0 Å². The van der Waals surface area contributed by atoms with E-state index in [4.69, 9.17) is 14.8 Å². The third-order valence-electron chi connectivity index (χ3n) is 6.37. The fourth-order valence-electron chi connectivity index (χ4n) is 4.33. The van der Waals surface area contributed by atoms with Crippen molar-refractivity contribution in [3.63, 3.8) is 0 Å². The number of pyridine rings is 1. The van der Waals surface area contributed by atoms with Gasteiger partial charge in [-0.25, -0.2) is 9.97 Å². The number of methoxy groups -OCH3 is 1. The Bertz CT molecular complexity index is 1230. The Morgan fingerprint density at radius 3 is 2.54 bits per heavy atom. The highest BCUT2D eigenvalue weighted by atomic mass is 16.5. The summed E-state index contributed by atoms with van der Waals surface area (Å²) in [6, 6.07) is 14.7. The number of rotatable bonds is 8. The van der Waals surface area contributed by atoms with Crippen LogP contribution in [0, 0.1) is 0 Å². The molecule has 8 heteroatoms. The molecule has 1 saturated heterocycles. The van der Waals surface area contributed by atoms with Gasteiger partial charge in [-0.3, -0.25) is 9.67 Å². The lowest BCUT2D eigenvalue weighted by molar-refractivity contribution is 0.183. The molecule has 4 aromatic rings. The molecule has 5 rings (SSSR count). The zero-order chi connectivity index (χ0) is 24.0. The smallest absolute Gasteiger partial charge is 0.133 e. The second kappa shape index (κ2) is 10.8. The average Bonchev–Trinajstić information content (AvgIpc) is 3.34. The number of aromatic nitrogens is 5. The molecule has 0 N–H and O–H groups in total. The number of piperazine rings is 1. The summed E-state index contributed by atoms with van der Waals surface area (Å²) < 4.78 is 7.14. The van der Waals surface area contributed by atoms with Crippen LogP contribution in [0.25, 0.3) is 22.5 Å². The first kappa shape index (κ1) is 23.1. The van der Waals surface area contributed by atoms with E-state index in [2.05, 4.69) is 51.1 Å². The first-order valence-corrected chi connectivity index (χ1v) is 12.0. The highest BCUT2D eigenvalue weighted by Crippen LogP contribution is 2.29. The SMILES string of the molecule is COCCn1cc(-c2ccnc(Cc3ccc(N4CCN(C)CC4)cc3)n2)c(-c2cccnc2)n1. The lowest BCUT2D eigenvalue weighted by Crippen LogP contribution is -2.44. The molecule has 1 aromatic carbocycles. The molecule has 0 spiro atoms. The zero-order valence-electron chi connectivity index (χ0n) is 20.3. The van der Waals surface area contributed by atoms with Crippen LogP contribution in [0.2, 0.25) is 0 Å². The quantitative estimate of drug-likeness (QED) is 0.392. The van der Waals surface area contributed by atoms with Gasteiger partial charge in [0.1, 0.15) is 11.5 Å². The van der Waals surface area contributed by atoms with Gasteiger partial charge in [-0.1, -0.05) is 12.1 Å². The molecule has 0 saturated carbocycles. The predicted molar refractivity (Wildman–Crippen MR) is 137 cm³/mol. The normalized spacial score (nSPS) is 14.4. The lowest BCUT2D eigenvalue weighted by atomic mass is 10.1. The summed E-state index contributed by atoms with van der Waals surface area (Å²) in [6.45, 7) is 5.60. The summed E-state index contributed by atoms with van der Waals surface area (Å²) in [6.07, 6.45) is 8.13. The molecule has 4 heterocycles. The third-order valence-corrected chi connectivity index (χ3v) is 6.37. The van der Waals surface area contributed by atoms with Crippen molar-refractivity contribution in [3.8, 4) is 22.5 Å². The summed E-state index contributed by atoms with van der Waals surface area (Å²) in [4.78, 5) is 18.6. The van der Waals surface area contributed by atoms with Gasteiger partial charge < -0.3 is 14.5 Å². The molecule has 35 heavy (non-hydrogen) atoms. The first-order valence-electron chi connectivity index (χ1n) is 12.0. The molecule has 1 fully saturated rings. The fourth-order valence-corrected chi connectivity index (χ4v) is 4.33. The van der Waals surface area contributed by atoms with Gasteiger partial charge in [0, 0.05) is 81.3 Å². The van der Waals surface area contributed by atoms with E-state index in [1.165, 1.54) is 11.3 Å². The van der Waals surface area contributed by atoms with Crippen LogP contribution in [0.3, 0.4) is 0 Å². The van der Waals surface area contributed by atoms with Gasteiger partial charge in [-0.05, 0) is 42.9 Å². The van der Waals surface area contributed by atoms with Crippen LogP contribution in [0.15, 0.2) is 67.3 Å². The lowest BCUT2D eigenvalue weighted by Gasteiger charge is -2.34. The van der Waals surface area contributed by atoms with Gasteiger partial charge in [0.05, 0.1) is 18.8 Å². The first-order chi connectivity index (χ1) is 17.2. The summed E-state index contributed by atoms with van der Waals surface area (Å²) in [5, 5.41) is 4.80. The van der Waals surface area contributed by atoms with Crippen LogP contribution >= 0.6 is 0 Å².